The van der Waals surface area contributed by atoms with Gasteiger partial charge in [-0.3, -0.25) is 14.4 Å². The van der Waals surface area contributed by atoms with Gasteiger partial charge in [0.25, 0.3) is 5.91 Å². The first-order valence-electron chi connectivity index (χ1n) is 16.2. The number of amides is 3. The highest BCUT2D eigenvalue weighted by Crippen LogP contribution is 2.27. The third-order valence-corrected chi connectivity index (χ3v) is 9.07. The molecule has 242 valence electrons. The summed E-state index contributed by atoms with van der Waals surface area (Å²) in [6, 6.07) is 9.07. The zero-order chi connectivity index (χ0) is 31.9. The van der Waals surface area contributed by atoms with E-state index in [1.807, 2.05) is 51.1 Å². The molecule has 5 rings (SSSR count). The fourth-order valence-corrected chi connectivity index (χ4v) is 6.20. The second-order valence-corrected chi connectivity index (χ2v) is 12.5. The summed E-state index contributed by atoms with van der Waals surface area (Å²) >= 11 is 0. The van der Waals surface area contributed by atoms with Crippen molar-refractivity contribution in [3.05, 3.63) is 59.4 Å². The van der Waals surface area contributed by atoms with Crippen LogP contribution in [0.4, 0.5) is 0 Å². The smallest absolute Gasteiger partial charge is 0.276 e. The summed E-state index contributed by atoms with van der Waals surface area (Å²) in [4.78, 5) is 47.1. The molecule has 13 nitrogen and oxygen atoms in total. The SMILES string of the molecule is CC[C@H](C)[C@@H]1NC(=O)CCCN(C(=O)c2cn(C3CCC(N)CC3)nn2)CCn2nc(C)nc2C(Cc2ccccc2)NC1=O. The van der Waals surface area contributed by atoms with E-state index in [4.69, 9.17) is 10.7 Å². The van der Waals surface area contributed by atoms with Gasteiger partial charge < -0.3 is 21.3 Å². The summed E-state index contributed by atoms with van der Waals surface area (Å²) in [7, 11) is 0. The molecule has 1 aliphatic carbocycles. The van der Waals surface area contributed by atoms with Gasteiger partial charge in [0.1, 0.15) is 17.7 Å². The van der Waals surface area contributed by atoms with E-state index >= 15 is 0 Å². The molecule has 1 aromatic carbocycles. The van der Waals surface area contributed by atoms with Crippen molar-refractivity contribution in [1.82, 2.24) is 45.3 Å². The zero-order valence-electron chi connectivity index (χ0n) is 26.6. The van der Waals surface area contributed by atoms with Crippen molar-refractivity contribution in [3.63, 3.8) is 0 Å². The fraction of sp³-hybridized carbons (Fsp3) is 0.594. The molecule has 4 N–H and O–H groups in total. The normalized spacial score (nSPS) is 24.2. The van der Waals surface area contributed by atoms with Crippen LogP contribution < -0.4 is 16.4 Å². The number of hydrogen-bond donors (Lipinski definition) is 3. The monoisotopic (exact) mass is 618 g/mol. The van der Waals surface area contributed by atoms with Crippen LogP contribution in [0.3, 0.4) is 0 Å². The molecule has 1 fully saturated rings. The average molecular weight is 619 g/mol. The Balaban J connectivity index is 1.43. The highest BCUT2D eigenvalue weighted by molar-refractivity contribution is 5.92. The second-order valence-electron chi connectivity index (χ2n) is 12.5. The average Bonchev–Trinajstić information content (AvgIpc) is 3.68. The third-order valence-electron chi connectivity index (χ3n) is 9.07. The fourth-order valence-electron chi connectivity index (χ4n) is 6.20. The molecule has 1 unspecified atom stereocenters. The largest absolute Gasteiger partial charge is 0.344 e. The van der Waals surface area contributed by atoms with Crippen LogP contribution in [0.2, 0.25) is 0 Å². The van der Waals surface area contributed by atoms with E-state index in [1.54, 1.807) is 20.5 Å². The van der Waals surface area contributed by atoms with E-state index in [9.17, 15) is 14.4 Å². The Morgan fingerprint density at radius 1 is 1.07 bits per heavy atom. The van der Waals surface area contributed by atoms with Crippen molar-refractivity contribution >= 4 is 17.7 Å². The zero-order valence-corrected chi connectivity index (χ0v) is 26.6. The van der Waals surface area contributed by atoms with Gasteiger partial charge in [-0.1, -0.05) is 55.8 Å². The van der Waals surface area contributed by atoms with Crippen molar-refractivity contribution in [3.8, 4) is 0 Å². The topological polar surface area (TPSA) is 166 Å². The highest BCUT2D eigenvalue weighted by atomic mass is 16.2. The molecule has 1 saturated carbocycles. The summed E-state index contributed by atoms with van der Waals surface area (Å²) in [6.07, 6.45) is 7.21. The Kier molecular flexibility index (Phi) is 10.6. The number of nitrogens with zero attached hydrogens (tertiary/aromatic N) is 7. The lowest BCUT2D eigenvalue weighted by Gasteiger charge is -2.28. The molecule has 0 bridgehead atoms. The predicted octanol–water partition coefficient (Wildman–Crippen LogP) is 2.49. The highest BCUT2D eigenvalue weighted by Gasteiger charge is 2.31. The number of carbonyl (C=O) groups is 3. The van der Waals surface area contributed by atoms with Gasteiger partial charge in [0, 0.05) is 25.6 Å². The molecule has 2 aromatic heterocycles. The van der Waals surface area contributed by atoms with Crippen molar-refractivity contribution in [1.29, 1.82) is 0 Å². The Labute approximate surface area is 264 Å². The number of nitrogens with one attached hydrogen (secondary N) is 2. The molecule has 3 atom stereocenters. The van der Waals surface area contributed by atoms with Crippen molar-refractivity contribution < 1.29 is 14.4 Å². The summed E-state index contributed by atoms with van der Waals surface area (Å²) < 4.78 is 3.58. The van der Waals surface area contributed by atoms with Crippen LogP contribution in [0.1, 0.15) is 98.6 Å². The van der Waals surface area contributed by atoms with E-state index in [0.29, 0.717) is 50.5 Å². The number of fused-ring (bicyclic) bond motifs is 1. The molecular formula is C32H46N10O3. The van der Waals surface area contributed by atoms with Crippen LogP contribution >= 0.6 is 0 Å². The van der Waals surface area contributed by atoms with Crippen molar-refractivity contribution in [2.24, 2.45) is 11.7 Å². The summed E-state index contributed by atoms with van der Waals surface area (Å²) in [5, 5.41) is 19.4. The van der Waals surface area contributed by atoms with Crippen LogP contribution in [-0.2, 0) is 22.6 Å². The van der Waals surface area contributed by atoms with Crippen LogP contribution in [0, 0.1) is 12.8 Å². The minimum Gasteiger partial charge on any atom is -0.344 e. The van der Waals surface area contributed by atoms with E-state index in [-0.39, 0.29) is 47.8 Å². The number of carbonyl (C=O) groups excluding carboxylic acids is 3. The van der Waals surface area contributed by atoms with E-state index in [0.717, 1.165) is 31.2 Å². The lowest BCUT2D eigenvalue weighted by molar-refractivity contribution is -0.130. The summed E-state index contributed by atoms with van der Waals surface area (Å²) in [5.41, 5.74) is 7.38. The number of aryl methyl sites for hydroxylation is 1. The van der Waals surface area contributed by atoms with Crippen molar-refractivity contribution in [2.45, 2.75) is 103 Å². The summed E-state index contributed by atoms with van der Waals surface area (Å²) in [5.74, 6) is 0.375. The number of rotatable bonds is 6. The quantitative estimate of drug-likeness (QED) is 0.379. The lowest BCUT2D eigenvalue weighted by Crippen LogP contribution is -2.51. The first kappa shape index (κ1) is 32.3. The van der Waals surface area contributed by atoms with Gasteiger partial charge in [0.2, 0.25) is 11.8 Å². The first-order chi connectivity index (χ1) is 21.7. The van der Waals surface area contributed by atoms with Crippen LogP contribution in [0.5, 0.6) is 0 Å². The third kappa shape index (κ3) is 8.13. The number of aromatic nitrogens is 6. The van der Waals surface area contributed by atoms with Gasteiger partial charge >= 0.3 is 0 Å². The maximum atomic E-state index is 13.8. The van der Waals surface area contributed by atoms with Crippen molar-refractivity contribution in [2.75, 3.05) is 13.1 Å². The number of nitrogens with two attached hydrogens (primary N) is 1. The van der Waals surface area contributed by atoms with E-state index < -0.39 is 12.1 Å². The predicted molar refractivity (Wildman–Crippen MR) is 168 cm³/mol. The minimum absolute atomic E-state index is 0.0839. The first-order valence-corrected chi connectivity index (χ1v) is 16.2. The van der Waals surface area contributed by atoms with Gasteiger partial charge in [-0.05, 0) is 56.9 Å². The molecule has 3 heterocycles. The molecule has 2 aliphatic rings. The Morgan fingerprint density at radius 2 is 1.82 bits per heavy atom. The van der Waals surface area contributed by atoms with E-state index in [2.05, 4.69) is 26.0 Å². The second kappa shape index (κ2) is 14.8. The van der Waals surface area contributed by atoms with Gasteiger partial charge in [0.15, 0.2) is 5.69 Å². The van der Waals surface area contributed by atoms with Gasteiger partial charge in [-0.25, -0.2) is 14.3 Å². The molecule has 45 heavy (non-hydrogen) atoms. The molecule has 3 amide bonds. The Morgan fingerprint density at radius 3 is 2.56 bits per heavy atom. The van der Waals surface area contributed by atoms with Gasteiger partial charge in [-0.2, -0.15) is 5.10 Å². The van der Waals surface area contributed by atoms with Gasteiger partial charge in [0.05, 0.1) is 24.8 Å². The summed E-state index contributed by atoms with van der Waals surface area (Å²) in [6.45, 7) is 6.80. The number of hydrogen-bond acceptors (Lipinski definition) is 8. The molecular weight excluding hydrogens is 572 g/mol. The molecule has 0 saturated heterocycles. The van der Waals surface area contributed by atoms with Crippen LogP contribution in [0.25, 0.3) is 0 Å². The number of benzene rings is 1. The minimum atomic E-state index is -0.705. The Hall–Kier alpha value is -4.13. The van der Waals surface area contributed by atoms with Crippen LogP contribution in [0.15, 0.2) is 36.5 Å². The Bertz CT molecular complexity index is 1450. The maximum Gasteiger partial charge on any atom is 0.276 e. The van der Waals surface area contributed by atoms with Crippen LogP contribution in [-0.4, -0.2) is 77.6 Å². The lowest BCUT2D eigenvalue weighted by atomic mass is 9.92. The van der Waals surface area contributed by atoms with E-state index in [1.165, 1.54) is 0 Å². The maximum absolute atomic E-state index is 13.8. The molecule has 3 aromatic rings. The molecule has 13 heteroatoms. The van der Waals surface area contributed by atoms with Gasteiger partial charge in [-0.15, -0.1) is 5.10 Å². The molecule has 0 radical (unpaired) electrons. The molecule has 1 aliphatic heterocycles. The standard InChI is InChI=1S/C32H46N10O3/c1-4-21(2)29-31(44)35-26(19-23-9-6-5-7-10-23)30-34-22(3)38-41(30)18-17-40(16-8-11-28(43)36-29)32(45)27-20-42(39-37-27)25-14-12-24(33)13-15-25/h5-7,9-10,20-21,24-26,29H,4,8,11-19,33H2,1-3H3,(H,35,44)(H,36,43)/t21-,24?,25?,26?,29-/m0/s1. The molecule has 0 spiro atoms.